The van der Waals surface area contributed by atoms with Crippen LogP contribution in [-0.2, 0) is 17.6 Å². The van der Waals surface area contributed by atoms with Crippen molar-refractivity contribution >= 4 is 57.5 Å². The molecule has 5 rings (SSSR count). The Kier molecular flexibility index (Phi) is 7.32. The standard InChI is InChI=1S/C27H22Cl2FN3O2S/c28-20-12-11-19(15-21(20)29)33-26(35)25-22(30)6-2-7-23(25)32-27(33)36-13-3-8-24(34)31-18-10-9-16-4-1-5-17(16)14-18/h2,6-7,9-12,14-15H,1,3-5,8,13H2,(H,31,34). The van der Waals surface area contributed by atoms with E-state index in [1.807, 2.05) is 6.07 Å². The summed E-state index contributed by atoms with van der Waals surface area (Å²) < 4.78 is 15.8. The molecular weight excluding hydrogens is 520 g/mol. The Morgan fingerprint density at radius 3 is 2.72 bits per heavy atom. The highest BCUT2D eigenvalue weighted by Gasteiger charge is 2.17. The van der Waals surface area contributed by atoms with Crippen LogP contribution in [0.2, 0.25) is 10.0 Å². The van der Waals surface area contributed by atoms with Gasteiger partial charge in [-0.25, -0.2) is 9.37 Å². The zero-order valence-electron chi connectivity index (χ0n) is 19.2. The Labute approximate surface area is 221 Å². The van der Waals surface area contributed by atoms with E-state index in [-0.39, 0.29) is 21.8 Å². The SMILES string of the molecule is O=C(CCCSc1nc2cccc(F)c2c(=O)n1-c1ccc(Cl)c(Cl)c1)Nc1ccc2c(c1)CCC2. The van der Waals surface area contributed by atoms with Crippen molar-refractivity contribution in [3.8, 4) is 5.69 Å². The van der Waals surface area contributed by atoms with Crippen LogP contribution in [0, 0.1) is 5.82 Å². The van der Waals surface area contributed by atoms with Crippen LogP contribution in [0.5, 0.6) is 0 Å². The second-order valence-electron chi connectivity index (χ2n) is 8.60. The number of carbonyl (C=O) groups excluding carboxylic acids is 1. The van der Waals surface area contributed by atoms with Gasteiger partial charge in [0.2, 0.25) is 5.91 Å². The Balaban J connectivity index is 1.32. The quantitative estimate of drug-likeness (QED) is 0.158. The molecule has 9 heteroatoms. The molecule has 1 aliphatic rings. The second kappa shape index (κ2) is 10.6. The summed E-state index contributed by atoms with van der Waals surface area (Å²) >= 11 is 13.6. The van der Waals surface area contributed by atoms with E-state index in [2.05, 4.69) is 22.4 Å². The minimum atomic E-state index is -0.640. The molecule has 0 saturated carbocycles. The Morgan fingerprint density at radius 1 is 1.06 bits per heavy atom. The maximum atomic E-state index is 14.5. The van der Waals surface area contributed by atoms with Gasteiger partial charge in [0.05, 0.1) is 21.2 Å². The lowest BCUT2D eigenvalue weighted by Gasteiger charge is -2.14. The van der Waals surface area contributed by atoms with Gasteiger partial charge in [-0.3, -0.25) is 14.2 Å². The lowest BCUT2D eigenvalue weighted by Crippen LogP contribution is -2.22. The van der Waals surface area contributed by atoms with Gasteiger partial charge in [0.15, 0.2) is 5.16 Å². The van der Waals surface area contributed by atoms with Gasteiger partial charge in [0.25, 0.3) is 5.56 Å². The summed E-state index contributed by atoms with van der Waals surface area (Å²) in [6.45, 7) is 0. The molecule has 0 fully saturated rings. The lowest BCUT2D eigenvalue weighted by atomic mass is 10.1. The fraction of sp³-hybridized carbons (Fsp3) is 0.222. The number of carbonyl (C=O) groups is 1. The van der Waals surface area contributed by atoms with Gasteiger partial charge in [0, 0.05) is 17.9 Å². The van der Waals surface area contributed by atoms with Crippen molar-refractivity contribution in [3.63, 3.8) is 0 Å². The van der Waals surface area contributed by atoms with Crippen LogP contribution in [0.1, 0.15) is 30.4 Å². The zero-order chi connectivity index (χ0) is 25.2. The van der Waals surface area contributed by atoms with Gasteiger partial charge < -0.3 is 5.32 Å². The number of nitrogens with zero attached hydrogens (tertiary/aromatic N) is 2. The van der Waals surface area contributed by atoms with Gasteiger partial charge in [0.1, 0.15) is 11.2 Å². The molecule has 0 aliphatic heterocycles. The number of nitrogens with one attached hydrogen (secondary N) is 1. The fourth-order valence-corrected chi connectivity index (χ4v) is 5.63. The van der Waals surface area contributed by atoms with E-state index in [1.165, 1.54) is 39.6 Å². The summed E-state index contributed by atoms with van der Waals surface area (Å²) in [5, 5.41) is 3.88. The number of aromatic nitrogens is 2. The van der Waals surface area contributed by atoms with E-state index in [9.17, 15) is 14.0 Å². The summed E-state index contributed by atoms with van der Waals surface area (Å²) in [6.07, 6.45) is 4.21. The molecule has 5 nitrogen and oxygen atoms in total. The highest BCUT2D eigenvalue weighted by Crippen LogP contribution is 2.28. The van der Waals surface area contributed by atoms with Crippen LogP contribution in [0.15, 0.2) is 64.5 Å². The van der Waals surface area contributed by atoms with Crippen LogP contribution in [0.4, 0.5) is 10.1 Å². The molecule has 0 unspecified atom stereocenters. The molecule has 0 saturated heterocycles. The average Bonchev–Trinajstić information content (AvgIpc) is 3.32. The molecule has 1 heterocycles. The Bertz CT molecular complexity index is 1540. The maximum absolute atomic E-state index is 14.5. The van der Waals surface area contributed by atoms with Gasteiger partial charge >= 0.3 is 0 Å². The molecule has 0 atom stereocenters. The summed E-state index contributed by atoms with van der Waals surface area (Å²) in [5.41, 5.74) is 3.66. The highest BCUT2D eigenvalue weighted by molar-refractivity contribution is 7.99. The van der Waals surface area contributed by atoms with Crippen molar-refractivity contribution < 1.29 is 9.18 Å². The van der Waals surface area contributed by atoms with E-state index >= 15 is 0 Å². The molecule has 184 valence electrons. The van der Waals surface area contributed by atoms with Gasteiger partial charge in [-0.1, -0.05) is 47.1 Å². The number of halogens is 3. The van der Waals surface area contributed by atoms with Gasteiger partial charge in [-0.05, 0) is 79.3 Å². The van der Waals surface area contributed by atoms with E-state index in [1.54, 1.807) is 24.3 Å². The minimum Gasteiger partial charge on any atom is -0.326 e. The van der Waals surface area contributed by atoms with Crippen molar-refractivity contribution in [2.45, 2.75) is 37.3 Å². The third-order valence-corrected chi connectivity index (χ3v) is 7.90. The summed E-state index contributed by atoms with van der Waals surface area (Å²) in [6, 6.07) is 15.2. The maximum Gasteiger partial charge on any atom is 0.269 e. The first-order chi connectivity index (χ1) is 17.4. The number of benzene rings is 3. The number of rotatable bonds is 7. The van der Waals surface area contributed by atoms with Crippen molar-refractivity contribution in [1.82, 2.24) is 9.55 Å². The highest BCUT2D eigenvalue weighted by atomic mass is 35.5. The number of hydrogen-bond acceptors (Lipinski definition) is 4. The van der Waals surface area contributed by atoms with Crippen LogP contribution < -0.4 is 10.9 Å². The first kappa shape index (κ1) is 24.8. The fourth-order valence-electron chi connectivity index (χ4n) is 4.39. The molecule has 1 N–H and O–H groups in total. The molecular formula is C27H22Cl2FN3O2S. The van der Waals surface area contributed by atoms with Crippen LogP contribution in [-0.4, -0.2) is 21.2 Å². The number of amides is 1. The normalized spacial score (nSPS) is 12.6. The van der Waals surface area contributed by atoms with Gasteiger partial charge in [-0.2, -0.15) is 0 Å². The third kappa shape index (κ3) is 5.14. The number of thioether (sulfide) groups is 1. The van der Waals surface area contributed by atoms with E-state index < -0.39 is 11.4 Å². The van der Waals surface area contributed by atoms with Crippen LogP contribution >= 0.6 is 35.0 Å². The van der Waals surface area contributed by atoms with Crippen molar-refractivity contribution in [2.24, 2.45) is 0 Å². The first-order valence-electron chi connectivity index (χ1n) is 11.6. The number of hydrogen-bond donors (Lipinski definition) is 1. The molecule has 0 bridgehead atoms. The molecule has 36 heavy (non-hydrogen) atoms. The van der Waals surface area contributed by atoms with E-state index in [0.29, 0.717) is 34.5 Å². The molecule has 0 spiro atoms. The Morgan fingerprint density at radius 2 is 1.89 bits per heavy atom. The Hall–Kier alpha value is -2.87. The van der Waals surface area contributed by atoms with Crippen LogP contribution in [0.3, 0.4) is 0 Å². The summed E-state index contributed by atoms with van der Waals surface area (Å²) in [4.78, 5) is 30.4. The molecule has 4 aromatic rings. The smallest absolute Gasteiger partial charge is 0.269 e. The largest absolute Gasteiger partial charge is 0.326 e. The predicted molar refractivity (Wildman–Crippen MR) is 144 cm³/mol. The molecule has 1 amide bonds. The number of aryl methyl sites for hydroxylation is 2. The number of anilines is 1. The minimum absolute atomic E-state index is 0.0658. The van der Waals surface area contributed by atoms with E-state index in [0.717, 1.165) is 24.9 Å². The second-order valence-corrected chi connectivity index (χ2v) is 10.5. The van der Waals surface area contributed by atoms with Crippen LogP contribution in [0.25, 0.3) is 16.6 Å². The molecule has 1 aromatic heterocycles. The monoisotopic (exact) mass is 541 g/mol. The lowest BCUT2D eigenvalue weighted by molar-refractivity contribution is -0.116. The average molecular weight is 542 g/mol. The molecule has 3 aromatic carbocycles. The van der Waals surface area contributed by atoms with Crippen molar-refractivity contribution in [1.29, 1.82) is 0 Å². The predicted octanol–water partition coefficient (Wildman–Crippen LogP) is 6.83. The molecule has 0 radical (unpaired) electrons. The summed E-state index contributed by atoms with van der Waals surface area (Å²) in [5.74, 6) is -0.172. The number of fused-ring (bicyclic) bond motifs is 2. The topological polar surface area (TPSA) is 64.0 Å². The molecule has 1 aliphatic carbocycles. The van der Waals surface area contributed by atoms with Crippen molar-refractivity contribution in [2.75, 3.05) is 11.1 Å². The summed E-state index contributed by atoms with van der Waals surface area (Å²) in [7, 11) is 0. The van der Waals surface area contributed by atoms with Crippen molar-refractivity contribution in [3.05, 3.63) is 91.9 Å². The van der Waals surface area contributed by atoms with E-state index in [4.69, 9.17) is 23.2 Å². The third-order valence-electron chi connectivity index (χ3n) is 6.14. The zero-order valence-corrected chi connectivity index (χ0v) is 21.5. The first-order valence-corrected chi connectivity index (χ1v) is 13.4. The van der Waals surface area contributed by atoms with Gasteiger partial charge in [-0.15, -0.1) is 0 Å².